The van der Waals surface area contributed by atoms with Gasteiger partial charge < -0.3 is 14.4 Å². The lowest BCUT2D eigenvalue weighted by Crippen LogP contribution is -2.70. The van der Waals surface area contributed by atoms with E-state index in [1.165, 1.54) is 5.56 Å². The molecule has 0 radical (unpaired) electrons. The Morgan fingerprint density at radius 1 is 0.972 bits per heavy atom. The second kappa shape index (κ2) is 9.44. The first-order chi connectivity index (χ1) is 17.2. The summed E-state index contributed by atoms with van der Waals surface area (Å²) in [6, 6.07) is 13.8. The van der Waals surface area contributed by atoms with Crippen LogP contribution in [0.5, 0.6) is 5.75 Å². The second-order valence-electron chi connectivity index (χ2n) is 10.7. The molecule has 0 spiro atoms. The minimum atomic E-state index is -1.16. The van der Waals surface area contributed by atoms with Gasteiger partial charge in [0.2, 0.25) is 11.8 Å². The molecule has 2 saturated heterocycles. The van der Waals surface area contributed by atoms with Gasteiger partial charge in [0, 0.05) is 37.2 Å². The van der Waals surface area contributed by atoms with Gasteiger partial charge in [-0.25, -0.2) is 0 Å². The summed E-state index contributed by atoms with van der Waals surface area (Å²) in [4.78, 5) is 42.4. The number of imide groups is 1. The number of ether oxygens (including phenoxy) is 2. The van der Waals surface area contributed by atoms with E-state index in [0.29, 0.717) is 17.9 Å². The molecule has 3 heterocycles. The zero-order chi connectivity index (χ0) is 25.5. The molecule has 0 saturated carbocycles. The second-order valence-corrected chi connectivity index (χ2v) is 10.7. The lowest BCUT2D eigenvalue weighted by Gasteiger charge is -2.51. The largest absolute Gasteiger partial charge is 0.489 e. The molecule has 8 nitrogen and oxygen atoms in total. The molecular weight excluding hydrogens is 455 g/mol. The van der Waals surface area contributed by atoms with Crippen molar-refractivity contribution in [3.05, 3.63) is 64.7 Å². The number of piperidine rings is 1. The van der Waals surface area contributed by atoms with Crippen molar-refractivity contribution < 1.29 is 23.9 Å². The Balaban J connectivity index is 1.29. The van der Waals surface area contributed by atoms with Crippen molar-refractivity contribution in [1.29, 1.82) is 0 Å². The number of benzene rings is 2. The molecule has 2 aromatic carbocycles. The summed E-state index contributed by atoms with van der Waals surface area (Å²) in [5.41, 5.74) is 2.44. The minimum absolute atomic E-state index is 0.167. The first-order valence-corrected chi connectivity index (χ1v) is 12.5. The fourth-order valence-corrected chi connectivity index (χ4v) is 5.38. The lowest BCUT2D eigenvalue weighted by molar-refractivity contribution is -0.139. The third kappa shape index (κ3) is 4.35. The van der Waals surface area contributed by atoms with E-state index in [2.05, 4.69) is 34.5 Å². The van der Waals surface area contributed by atoms with E-state index in [0.717, 1.165) is 44.0 Å². The molecule has 3 aliphatic heterocycles. The van der Waals surface area contributed by atoms with Crippen molar-refractivity contribution >= 4 is 41.3 Å². The summed E-state index contributed by atoms with van der Waals surface area (Å²) in [5.74, 6) is -0.339. The Labute approximate surface area is 213 Å². The number of carbonyl (C=O) groups is 3. The SMILES string of the molecule is BC1(B)CC(=O)NC(=O)C1(B)N1Cc2c(OCc3ccc(CN4CCOCC4)cc3)cccc2C1=O. The number of fused-ring (bicyclic) bond motifs is 1. The number of morpholine rings is 1. The van der Waals surface area contributed by atoms with Gasteiger partial charge in [0.1, 0.15) is 35.9 Å². The van der Waals surface area contributed by atoms with Crippen molar-refractivity contribution in [2.75, 3.05) is 26.3 Å². The van der Waals surface area contributed by atoms with Gasteiger partial charge in [-0.05, 0) is 23.3 Å². The number of rotatable bonds is 6. The van der Waals surface area contributed by atoms with E-state index in [1.54, 1.807) is 24.9 Å². The highest BCUT2D eigenvalue weighted by atomic mass is 16.5. The molecule has 2 fully saturated rings. The zero-order valence-corrected chi connectivity index (χ0v) is 21.1. The van der Waals surface area contributed by atoms with Crippen LogP contribution in [0, 0.1) is 0 Å². The van der Waals surface area contributed by atoms with Gasteiger partial charge in [0.05, 0.1) is 25.2 Å². The van der Waals surface area contributed by atoms with Crippen LogP contribution in [0.25, 0.3) is 0 Å². The number of nitrogens with zero attached hydrogens (tertiary/aromatic N) is 2. The van der Waals surface area contributed by atoms with Crippen LogP contribution < -0.4 is 10.1 Å². The third-order valence-corrected chi connectivity index (χ3v) is 8.01. The normalized spacial score (nSPS) is 23.9. The van der Waals surface area contributed by atoms with E-state index in [-0.39, 0.29) is 24.8 Å². The molecule has 1 N–H and O–H groups in total. The predicted molar refractivity (Wildman–Crippen MR) is 142 cm³/mol. The topological polar surface area (TPSA) is 88.2 Å². The van der Waals surface area contributed by atoms with Crippen LogP contribution in [0.3, 0.4) is 0 Å². The fourth-order valence-electron chi connectivity index (χ4n) is 5.38. The highest BCUT2D eigenvalue weighted by Gasteiger charge is 2.57. The molecule has 3 aliphatic rings. The number of amides is 3. The molecule has 0 aromatic heterocycles. The van der Waals surface area contributed by atoms with Gasteiger partial charge in [-0.2, -0.15) is 0 Å². The number of hydrogen-bond acceptors (Lipinski definition) is 6. The van der Waals surface area contributed by atoms with Gasteiger partial charge >= 0.3 is 0 Å². The molecule has 5 rings (SSSR count). The van der Waals surface area contributed by atoms with E-state index in [4.69, 9.17) is 9.47 Å². The standard InChI is InChI=1S/C25H30B3N3O5/c26-24(27)12-21(32)29-23(34)25(24,28)31-14-19-18(22(31)33)2-1-3-20(19)36-15-17-6-4-16(5-7-17)13-30-8-10-35-11-9-30/h1-7H,8-15,26-28H2,(H,29,32,34). The van der Waals surface area contributed by atoms with Crippen molar-refractivity contribution in [3.8, 4) is 5.75 Å². The molecular formula is C25H30B3N3O5. The molecule has 2 aromatic rings. The number of nitrogens with one attached hydrogen (secondary N) is 1. The van der Waals surface area contributed by atoms with Crippen molar-refractivity contribution in [3.63, 3.8) is 0 Å². The van der Waals surface area contributed by atoms with Crippen LogP contribution in [0.1, 0.15) is 33.5 Å². The van der Waals surface area contributed by atoms with Crippen LogP contribution in [0.4, 0.5) is 0 Å². The van der Waals surface area contributed by atoms with E-state index < -0.39 is 16.6 Å². The van der Waals surface area contributed by atoms with Gasteiger partial charge in [0.25, 0.3) is 5.91 Å². The average Bonchev–Trinajstić information content (AvgIpc) is 3.20. The van der Waals surface area contributed by atoms with E-state index in [9.17, 15) is 14.4 Å². The highest BCUT2D eigenvalue weighted by Crippen LogP contribution is 2.45. The van der Waals surface area contributed by atoms with Crippen molar-refractivity contribution in [2.24, 2.45) is 0 Å². The van der Waals surface area contributed by atoms with Gasteiger partial charge in [-0.1, -0.05) is 35.5 Å². The average molecular weight is 485 g/mol. The summed E-state index contributed by atoms with van der Waals surface area (Å²) in [7, 11) is 5.47. The maximum atomic E-state index is 13.4. The van der Waals surface area contributed by atoms with E-state index in [1.807, 2.05) is 21.8 Å². The molecule has 1 unspecified atom stereocenters. The van der Waals surface area contributed by atoms with Gasteiger partial charge in [-0.3, -0.25) is 24.6 Å². The molecule has 0 bridgehead atoms. The van der Waals surface area contributed by atoms with Crippen molar-refractivity contribution in [1.82, 2.24) is 15.1 Å². The monoisotopic (exact) mass is 485 g/mol. The van der Waals surface area contributed by atoms with Crippen LogP contribution in [0.2, 0.25) is 5.21 Å². The quantitative estimate of drug-likeness (QED) is 0.410. The fraction of sp³-hybridized carbons (Fsp3) is 0.400. The zero-order valence-electron chi connectivity index (χ0n) is 21.1. The predicted octanol–water partition coefficient (Wildman–Crippen LogP) is -1.19. The summed E-state index contributed by atoms with van der Waals surface area (Å²) in [6.45, 7) is 5.01. The van der Waals surface area contributed by atoms with Crippen LogP contribution in [-0.4, -0.2) is 82.8 Å². The first-order valence-electron chi connectivity index (χ1n) is 12.5. The number of hydrogen-bond donors (Lipinski definition) is 1. The minimum Gasteiger partial charge on any atom is -0.489 e. The molecule has 36 heavy (non-hydrogen) atoms. The molecule has 0 aliphatic carbocycles. The molecule has 1 atom stereocenters. The Bertz CT molecular complexity index is 1200. The first kappa shape index (κ1) is 24.7. The van der Waals surface area contributed by atoms with Crippen LogP contribution in [0.15, 0.2) is 42.5 Å². The maximum absolute atomic E-state index is 13.4. The molecule has 11 heteroatoms. The Hall–Kier alpha value is -3.04. The van der Waals surface area contributed by atoms with Gasteiger partial charge in [-0.15, -0.1) is 0 Å². The van der Waals surface area contributed by atoms with Crippen LogP contribution in [-0.2, 0) is 34.0 Å². The molecule has 3 amide bonds. The Morgan fingerprint density at radius 2 is 1.67 bits per heavy atom. The van der Waals surface area contributed by atoms with E-state index >= 15 is 0 Å². The summed E-state index contributed by atoms with van der Waals surface area (Å²) >= 11 is 0. The Morgan fingerprint density at radius 3 is 2.36 bits per heavy atom. The summed E-state index contributed by atoms with van der Waals surface area (Å²) in [5, 5.41) is 1.71. The molecule has 184 valence electrons. The third-order valence-electron chi connectivity index (χ3n) is 8.01. The number of carbonyl (C=O) groups excluding carboxylic acids is 3. The Kier molecular flexibility index (Phi) is 6.47. The lowest BCUT2D eigenvalue weighted by atomic mass is 9.36. The summed E-state index contributed by atoms with van der Waals surface area (Å²) < 4.78 is 11.6. The maximum Gasteiger partial charge on any atom is 0.254 e. The van der Waals surface area contributed by atoms with Crippen molar-refractivity contribution in [2.45, 2.75) is 36.8 Å². The smallest absolute Gasteiger partial charge is 0.254 e. The highest BCUT2D eigenvalue weighted by molar-refractivity contribution is 6.52. The summed E-state index contributed by atoms with van der Waals surface area (Å²) in [6.07, 6.45) is 0.167. The van der Waals surface area contributed by atoms with Crippen LogP contribution >= 0.6 is 0 Å². The van der Waals surface area contributed by atoms with Gasteiger partial charge in [0.15, 0.2) is 0 Å².